The van der Waals surface area contributed by atoms with Crippen LogP contribution in [0.3, 0.4) is 0 Å². The number of hydrogen-bond acceptors (Lipinski definition) is 4. The lowest BCUT2D eigenvalue weighted by molar-refractivity contribution is 0.222. The fourth-order valence-electron chi connectivity index (χ4n) is 2.73. The lowest BCUT2D eigenvalue weighted by Gasteiger charge is -2.34. The zero-order chi connectivity index (χ0) is 15.8. The minimum absolute atomic E-state index is 0.0906. The van der Waals surface area contributed by atoms with E-state index in [4.69, 9.17) is 10.7 Å². The Morgan fingerprint density at radius 2 is 1.38 bits per heavy atom. The van der Waals surface area contributed by atoms with Crippen molar-refractivity contribution in [3.8, 4) is 0 Å². The lowest BCUT2D eigenvalue weighted by Crippen LogP contribution is -2.42. The van der Waals surface area contributed by atoms with Gasteiger partial charge in [0.05, 0.1) is 9.79 Å². The second-order valence-corrected chi connectivity index (χ2v) is 10.2. The average Bonchev–Trinajstić information content (AvgIpc) is 2.36. The van der Waals surface area contributed by atoms with Gasteiger partial charge < -0.3 is 0 Å². The molecule has 2 rings (SSSR count). The van der Waals surface area contributed by atoms with Crippen molar-refractivity contribution in [3.05, 3.63) is 24.3 Å². The first-order chi connectivity index (χ1) is 9.60. The fourth-order valence-corrected chi connectivity index (χ4v) is 5.17. The summed E-state index contributed by atoms with van der Waals surface area (Å²) in [7, 11) is -2.21. The number of benzene rings is 1. The molecule has 8 heteroatoms. The smallest absolute Gasteiger partial charge is 0.207 e. The van der Waals surface area contributed by atoms with E-state index >= 15 is 0 Å². The molecule has 0 saturated carbocycles. The van der Waals surface area contributed by atoms with Gasteiger partial charge in [0.2, 0.25) is 10.0 Å². The summed E-state index contributed by atoms with van der Waals surface area (Å²) in [5.41, 5.74) is 0. The Balaban J connectivity index is 2.31. The summed E-state index contributed by atoms with van der Waals surface area (Å²) in [6, 6.07) is 5.00. The standard InChI is InChI=1S/C13H18ClNO4S2/c1-10-7-11(2)9-15(8-10)21(18,19)13-5-3-12(4-6-13)20(14,16)17/h3-6,10-11H,7-9H2,1-2H3/t10-,11+. The van der Waals surface area contributed by atoms with Gasteiger partial charge in [-0.15, -0.1) is 0 Å². The van der Waals surface area contributed by atoms with Crippen LogP contribution in [0.25, 0.3) is 0 Å². The quantitative estimate of drug-likeness (QED) is 0.783. The van der Waals surface area contributed by atoms with Gasteiger partial charge in [-0.05, 0) is 42.5 Å². The molecule has 5 nitrogen and oxygen atoms in total. The summed E-state index contributed by atoms with van der Waals surface area (Å²) in [5.74, 6) is 0.622. The molecule has 0 bridgehead atoms. The highest BCUT2D eigenvalue weighted by molar-refractivity contribution is 8.13. The van der Waals surface area contributed by atoms with Crippen LogP contribution in [-0.4, -0.2) is 34.2 Å². The van der Waals surface area contributed by atoms with Crippen molar-refractivity contribution in [3.63, 3.8) is 0 Å². The van der Waals surface area contributed by atoms with Crippen LogP contribution in [0.15, 0.2) is 34.1 Å². The molecule has 0 radical (unpaired) electrons. The van der Waals surface area contributed by atoms with Gasteiger partial charge >= 0.3 is 0 Å². The summed E-state index contributed by atoms with van der Waals surface area (Å²) in [6.45, 7) is 5.03. The SMILES string of the molecule is C[C@@H]1C[C@H](C)CN(S(=O)(=O)c2ccc(S(=O)(=O)Cl)cc2)C1. The minimum Gasteiger partial charge on any atom is -0.207 e. The summed E-state index contributed by atoms with van der Waals surface area (Å²) in [5, 5.41) is 0. The highest BCUT2D eigenvalue weighted by Crippen LogP contribution is 2.27. The van der Waals surface area contributed by atoms with Crippen molar-refractivity contribution >= 4 is 29.8 Å². The lowest BCUT2D eigenvalue weighted by atomic mass is 9.94. The van der Waals surface area contributed by atoms with Gasteiger partial charge in [0.25, 0.3) is 9.05 Å². The first kappa shape index (κ1) is 16.7. The van der Waals surface area contributed by atoms with E-state index in [1.54, 1.807) is 0 Å². The second kappa shape index (κ2) is 5.87. The Morgan fingerprint density at radius 3 is 1.81 bits per heavy atom. The summed E-state index contributed by atoms with van der Waals surface area (Å²) in [6.07, 6.45) is 1.01. The number of hydrogen-bond donors (Lipinski definition) is 0. The van der Waals surface area contributed by atoms with Crippen LogP contribution in [0.5, 0.6) is 0 Å². The predicted molar refractivity (Wildman–Crippen MR) is 81.2 cm³/mol. The third kappa shape index (κ3) is 3.77. The highest BCUT2D eigenvalue weighted by atomic mass is 35.7. The first-order valence-corrected chi connectivity index (χ1v) is 10.4. The van der Waals surface area contributed by atoms with E-state index < -0.39 is 19.1 Å². The first-order valence-electron chi connectivity index (χ1n) is 6.65. The molecule has 21 heavy (non-hydrogen) atoms. The van der Waals surface area contributed by atoms with Gasteiger partial charge in [-0.3, -0.25) is 0 Å². The Hall–Kier alpha value is -0.630. The van der Waals surface area contributed by atoms with Crippen molar-refractivity contribution in [2.75, 3.05) is 13.1 Å². The third-order valence-electron chi connectivity index (χ3n) is 3.58. The molecule has 1 saturated heterocycles. The molecule has 1 heterocycles. The Bertz CT molecular complexity index is 703. The molecule has 118 valence electrons. The Kier molecular flexibility index (Phi) is 4.68. The number of halogens is 1. The normalized spacial score (nSPS) is 24.9. The van der Waals surface area contributed by atoms with Crippen LogP contribution in [-0.2, 0) is 19.1 Å². The van der Waals surface area contributed by atoms with E-state index in [0.717, 1.165) is 6.42 Å². The summed E-state index contributed by atoms with van der Waals surface area (Å²) in [4.78, 5) is -0.0173. The van der Waals surface area contributed by atoms with Crippen LogP contribution in [0.4, 0.5) is 0 Å². The molecule has 0 amide bonds. The Morgan fingerprint density at radius 1 is 0.952 bits per heavy atom. The molecular weight excluding hydrogens is 334 g/mol. The molecule has 1 fully saturated rings. The van der Waals surface area contributed by atoms with Crippen LogP contribution in [0, 0.1) is 11.8 Å². The zero-order valence-electron chi connectivity index (χ0n) is 11.9. The minimum atomic E-state index is -3.84. The molecule has 0 unspecified atom stereocenters. The maximum absolute atomic E-state index is 12.6. The molecule has 0 aromatic heterocycles. The molecule has 1 aliphatic rings. The molecule has 1 aromatic rings. The number of rotatable bonds is 3. The molecule has 0 aliphatic carbocycles. The van der Waals surface area contributed by atoms with Crippen LogP contribution in [0.2, 0.25) is 0 Å². The monoisotopic (exact) mass is 351 g/mol. The van der Waals surface area contributed by atoms with E-state index in [2.05, 4.69) is 0 Å². The van der Waals surface area contributed by atoms with Crippen molar-refractivity contribution in [2.45, 2.75) is 30.1 Å². The molecular formula is C13H18ClNO4S2. The average molecular weight is 352 g/mol. The van der Waals surface area contributed by atoms with Gasteiger partial charge in [-0.2, -0.15) is 4.31 Å². The molecule has 1 aliphatic heterocycles. The molecule has 0 N–H and O–H groups in total. The fraction of sp³-hybridized carbons (Fsp3) is 0.538. The predicted octanol–water partition coefficient (Wildman–Crippen LogP) is 2.28. The molecule has 1 aromatic carbocycles. The summed E-state index contributed by atoms with van der Waals surface area (Å²) >= 11 is 0. The van der Waals surface area contributed by atoms with Gasteiger partial charge in [0.15, 0.2) is 0 Å². The Labute approximate surface area is 130 Å². The van der Waals surface area contributed by atoms with E-state index in [-0.39, 0.29) is 9.79 Å². The molecule has 0 spiro atoms. The van der Waals surface area contributed by atoms with Crippen molar-refractivity contribution in [1.29, 1.82) is 0 Å². The van der Waals surface area contributed by atoms with E-state index in [0.29, 0.717) is 24.9 Å². The summed E-state index contributed by atoms with van der Waals surface area (Å²) < 4.78 is 49.0. The molecule has 2 atom stereocenters. The van der Waals surface area contributed by atoms with Crippen LogP contribution < -0.4 is 0 Å². The van der Waals surface area contributed by atoms with Crippen molar-refractivity contribution < 1.29 is 16.8 Å². The second-order valence-electron chi connectivity index (χ2n) is 5.68. The number of sulfonamides is 1. The van der Waals surface area contributed by atoms with E-state index in [1.807, 2.05) is 13.8 Å². The van der Waals surface area contributed by atoms with Gasteiger partial charge in [-0.1, -0.05) is 13.8 Å². The van der Waals surface area contributed by atoms with Crippen LogP contribution in [0.1, 0.15) is 20.3 Å². The van der Waals surface area contributed by atoms with Crippen molar-refractivity contribution in [1.82, 2.24) is 4.31 Å². The zero-order valence-corrected chi connectivity index (χ0v) is 14.2. The van der Waals surface area contributed by atoms with Crippen LogP contribution >= 0.6 is 10.7 Å². The van der Waals surface area contributed by atoms with Gasteiger partial charge in [0.1, 0.15) is 0 Å². The topological polar surface area (TPSA) is 71.5 Å². The van der Waals surface area contributed by atoms with Crippen molar-refractivity contribution in [2.24, 2.45) is 11.8 Å². The maximum Gasteiger partial charge on any atom is 0.261 e. The van der Waals surface area contributed by atoms with Gasteiger partial charge in [-0.25, -0.2) is 16.8 Å². The van der Waals surface area contributed by atoms with Gasteiger partial charge in [0, 0.05) is 23.8 Å². The number of piperidine rings is 1. The number of nitrogens with zero attached hydrogens (tertiary/aromatic N) is 1. The highest BCUT2D eigenvalue weighted by Gasteiger charge is 2.31. The third-order valence-corrected chi connectivity index (χ3v) is 6.79. The van der Waals surface area contributed by atoms with E-state index in [1.165, 1.54) is 28.6 Å². The maximum atomic E-state index is 12.6. The largest absolute Gasteiger partial charge is 0.261 e. The van der Waals surface area contributed by atoms with E-state index in [9.17, 15) is 16.8 Å².